The molecule has 0 amide bonds. The van der Waals surface area contributed by atoms with Crippen molar-refractivity contribution in [2.24, 2.45) is 0 Å². The minimum atomic E-state index is -3.30. The van der Waals surface area contributed by atoms with Crippen molar-refractivity contribution in [2.75, 3.05) is 12.9 Å². The van der Waals surface area contributed by atoms with E-state index in [2.05, 4.69) is 83.6 Å². The molecule has 2 aliphatic rings. The van der Waals surface area contributed by atoms with Crippen LogP contribution in [0.5, 0.6) is 0 Å². The zero-order chi connectivity index (χ0) is 28.4. The van der Waals surface area contributed by atoms with Gasteiger partial charge in [-0.1, -0.05) is 78.9 Å². The summed E-state index contributed by atoms with van der Waals surface area (Å²) in [6.07, 6.45) is 3.16. The first-order valence-electron chi connectivity index (χ1n) is 13.9. The number of ether oxygens (including phenoxy) is 2. The van der Waals surface area contributed by atoms with Crippen molar-refractivity contribution in [3.63, 3.8) is 0 Å². The number of hydrogen-bond donors (Lipinski definition) is 0. The van der Waals surface area contributed by atoms with Crippen LogP contribution in [-0.4, -0.2) is 43.9 Å². The third-order valence-electron chi connectivity index (χ3n) is 8.31. The fourth-order valence-electron chi connectivity index (χ4n) is 6.31. The van der Waals surface area contributed by atoms with Crippen molar-refractivity contribution in [3.05, 3.63) is 114 Å². The molecule has 0 unspecified atom stereocenters. The molecular weight excluding hydrogens is 530 g/mol. The first-order valence-corrected chi connectivity index (χ1v) is 15.8. The number of hydrogen-bond acceptors (Lipinski definition) is 4. The van der Waals surface area contributed by atoms with Crippen LogP contribution in [0.25, 0.3) is 32.7 Å². The predicted octanol–water partition coefficient (Wildman–Crippen LogP) is 6.90. The Hall–Kier alpha value is -3.84. The third-order valence-corrected chi connectivity index (χ3v) is 9.44. The van der Waals surface area contributed by atoms with Gasteiger partial charge in [0.15, 0.2) is 28.4 Å². The van der Waals surface area contributed by atoms with Gasteiger partial charge < -0.3 is 9.47 Å². The summed E-state index contributed by atoms with van der Waals surface area (Å²) in [6.45, 7) is 5.00. The van der Waals surface area contributed by atoms with Gasteiger partial charge in [0.05, 0.1) is 4.90 Å². The minimum absolute atomic E-state index is 0.135. The molecule has 0 spiro atoms. The van der Waals surface area contributed by atoms with Gasteiger partial charge in [-0.3, -0.25) is 0 Å². The normalized spacial score (nSPS) is 20.2. The van der Waals surface area contributed by atoms with Crippen LogP contribution in [0.4, 0.5) is 0 Å². The van der Waals surface area contributed by atoms with Crippen molar-refractivity contribution in [1.29, 1.82) is 0 Å². The van der Waals surface area contributed by atoms with Gasteiger partial charge in [0, 0.05) is 28.5 Å². The summed E-state index contributed by atoms with van der Waals surface area (Å²) in [5, 5.41) is 4.89. The number of nitrogens with zero attached hydrogens (tertiary/aromatic N) is 1. The fourth-order valence-corrected chi connectivity index (χ4v) is 6.94. The Morgan fingerprint density at radius 1 is 0.780 bits per heavy atom. The number of rotatable bonds is 3. The summed E-state index contributed by atoms with van der Waals surface area (Å²) in [7, 11) is -3.30. The number of sulfone groups is 1. The van der Waals surface area contributed by atoms with Crippen LogP contribution < -0.4 is 0 Å². The quantitative estimate of drug-likeness (QED) is 0.225. The van der Waals surface area contributed by atoms with Crippen LogP contribution in [0, 0.1) is 0 Å². The fraction of sp³-hybridized carbons (Fsp3) is 0.229. The van der Waals surface area contributed by atoms with Crippen LogP contribution in [0.1, 0.15) is 36.6 Å². The molecule has 6 heteroatoms. The monoisotopic (exact) mass is 562 g/mol. The van der Waals surface area contributed by atoms with E-state index < -0.39 is 15.6 Å². The number of benzene rings is 5. The second-order valence-electron chi connectivity index (χ2n) is 11.5. The maximum absolute atomic E-state index is 12.1. The molecule has 2 heterocycles. The zero-order valence-corrected chi connectivity index (χ0v) is 24.2. The maximum atomic E-state index is 12.1. The maximum Gasteiger partial charge on any atom is 0.206 e. The van der Waals surface area contributed by atoms with E-state index in [4.69, 9.17) is 9.47 Å². The Bertz CT molecular complexity index is 1960. The van der Waals surface area contributed by atoms with Gasteiger partial charge in [0.25, 0.3) is 0 Å². The Morgan fingerprint density at radius 3 is 2.10 bits per heavy atom. The minimum Gasteiger partial charge on any atom is -0.343 e. The van der Waals surface area contributed by atoms with E-state index >= 15 is 0 Å². The molecule has 7 rings (SSSR count). The lowest BCUT2D eigenvalue weighted by Crippen LogP contribution is -2.49. The molecule has 2 atom stereocenters. The molecule has 0 N–H and O–H groups in total. The van der Waals surface area contributed by atoms with Crippen LogP contribution >= 0.6 is 0 Å². The highest BCUT2D eigenvalue weighted by molar-refractivity contribution is 7.90. The molecule has 1 fully saturated rings. The molecule has 2 aliphatic heterocycles. The standard InChI is InChI=1S/C35H32NO4S/c1-35(2)39-22-31(34(40-35)25-16-18-28(19-17-25)41(3,37)38)36-20-26-14-12-23-8-4-6-10-29(23)32(26)33-27(21-36)15-13-24-9-5-7-11-30(24)33/h4-20,31,34H,21-22H2,1-3H3/q+1/t31-,34-/m0/s1. The van der Waals surface area contributed by atoms with Gasteiger partial charge in [-0.25, -0.2) is 13.0 Å². The zero-order valence-electron chi connectivity index (χ0n) is 23.4. The summed E-state index contributed by atoms with van der Waals surface area (Å²) in [5.74, 6) is -0.773. The summed E-state index contributed by atoms with van der Waals surface area (Å²) in [6, 6.07) is 33.0. The van der Waals surface area contributed by atoms with E-state index in [0.717, 1.165) is 11.1 Å². The average molecular weight is 563 g/mol. The van der Waals surface area contributed by atoms with E-state index in [1.54, 1.807) is 12.1 Å². The summed E-state index contributed by atoms with van der Waals surface area (Å²) >= 11 is 0. The SMILES string of the molecule is CC1(C)OC[C@H]([N+]2=Cc3ccc4ccccc4c3-c3c(ccc4ccccc34)C2)[C@H](c2ccc(S(C)(=O)=O)cc2)O1. The van der Waals surface area contributed by atoms with Gasteiger partial charge in [0.2, 0.25) is 6.04 Å². The van der Waals surface area contributed by atoms with Crippen LogP contribution in [0.15, 0.2) is 102 Å². The first kappa shape index (κ1) is 26.1. The van der Waals surface area contributed by atoms with Gasteiger partial charge in [-0.15, -0.1) is 0 Å². The van der Waals surface area contributed by atoms with Gasteiger partial charge in [-0.05, 0) is 59.2 Å². The first-order chi connectivity index (χ1) is 19.7. The molecule has 0 radical (unpaired) electrons. The number of fused-ring (bicyclic) bond motifs is 7. The molecular formula is C35H32NO4S+. The molecule has 0 saturated carbocycles. The largest absolute Gasteiger partial charge is 0.343 e. The Labute approximate surface area is 240 Å². The molecule has 41 heavy (non-hydrogen) atoms. The van der Waals surface area contributed by atoms with Crippen molar-refractivity contribution in [2.45, 2.75) is 43.2 Å². The van der Waals surface area contributed by atoms with Crippen molar-refractivity contribution < 1.29 is 22.5 Å². The molecule has 5 nitrogen and oxygen atoms in total. The highest BCUT2D eigenvalue weighted by atomic mass is 32.2. The van der Waals surface area contributed by atoms with Crippen LogP contribution in [0.2, 0.25) is 0 Å². The van der Waals surface area contributed by atoms with Crippen molar-refractivity contribution in [1.82, 2.24) is 0 Å². The van der Waals surface area contributed by atoms with Gasteiger partial charge in [0.1, 0.15) is 12.7 Å². The van der Waals surface area contributed by atoms with Gasteiger partial charge in [-0.2, -0.15) is 0 Å². The molecule has 1 saturated heterocycles. The smallest absolute Gasteiger partial charge is 0.206 e. The van der Waals surface area contributed by atoms with Crippen LogP contribution in [0.3, 0.4) is 0 Å². The van der Waals surface area contributed by atoms with E-state index in [1.165, 1.54) is 44.5 Å². The lowest BCUT2D eigenvalue weighted by Gasteiger charge is -2.39. The summed E-state index contributed by atoms with van der Waals surface area (Å²) < 4.78 is 39.4. The Kier molecular flexibility index (Phi) is 6.12. The van der Waals surface area contributed by atoms with E-state index in [1.807, 2.05) is 26.0 Å². The molecule has 0 bridgehead atoms. The third kappa shape index (κ3) is 4.66. The van der Waals surface area contributed by atoms with Crippen molar-refractivity contribution >= 4 is 37.6 Å². The van der Waals surface area contributed by atoms with Gasteiger partial charge >= 0.3 is 0 Å². The molecule has 5 aromatic rings. The van der Waals surface area contributed by atoms with Crippen LogP contribution in [-0.2, 0) is 25.9 Å². The average Bonchev–Trinajstić information content (AvgIpc) is 3.13. The lowest BCUT2D eigenvalue weighted by molar-refractivity contribution is -0.607. The Balaban J connectivity index is 1.42. The Morgan fingerprint density at radius 2 is 1.41 bits per heavy atom. The summed E-state index contributed by atoms with van der Waals surface area (Å²) in [5.41, 5.74) is 5.82. The molecule has 0 aliphatic carbocycles. The lowest BCUT2D eigenvalue weighted by atomic mass is 9.88. The highest BCUT2D eigenvalue weighted by Crippen LogP contribution is 2.42. The van der Waals surface area contributed by atoms with E-state index in [9.17, 15) is 8.42 Å². The molecule has 206 valence electrons. The van der Waals surface area contributed by atoms with Crippen molar-refractivity contribution in [3.8, 4) is 11.1 Å². The molecule has 0 aromatic heterocycles. The highest BCUT2D eigenvalue weighted by Gasteiger charge is 2.44. The molecule has 5 aromatic carbocycles. The second kappa shape index (κ2) is 9.62. The topological polar surface area (TPSA) is 55.6 Å². The summed E-state index contributed by atoms with van der Waals surface area (Å²) in [4.78, 5) is 0.298. The van der Waals surface area contributed by atoms with E-state index in [0.29, 0.717) is 18.0 Å². The second-order valence-corrected chi connectivity index (χ2v) is 13.5. The van der Waals surface area contributed by atoms with E-state index in [-0.39, 0.29) is 12.1 Å². The predicted molar refractivity (Wildman–Crippen MR) is 163 cm³/mol.